The van der Waals surface area contributed by atoms with Gasteiger partial charge in [-0.3, -0.25) is 0 Å². The molecule has 1 aromatic heterocycles. The molecule has 0 bridgehead atoms. The van der Waals surface area contributed by atoms with E-state index in [9.17, 15) is 0 Å². The second kappa shape index (κ2) is 3.51. The van der Waals surface area contributed by atoms with E-state index < -0.39 is 0 Å². The number of likely N-dealkylation sites (tertiary alicyclic amines) is 1. The lowest BCUT2D eigenvalue weighted by Crippen LogP contribution is -2.18. The van der Waals surface area contributed by atoms with Crippen molar-refractivity contribution in [3.63, 3.8) is 0 Å². The van der Waals surface area contributed by atoms with Crippen LogP contribution in [0.3, 0.4) is 0 Å². The number of amidine groups is 1. The summed E-state index contributed by atoms with van der Waals surface area (Å²) in [6.07, 6.45) is 5.64. The first kappa shape index (κ1) is 8.16. The number of nitrogens with zero attached hydrogens (tertiary/aromatic N) is 4. The summed E-state index contributed by atoms with van der Waals surface area (Å²) in [5.74, 6) is 1.65. The van der Waals surface area contributed by atoms with Crippen LogP contribution in [0.4, 0.5) is 5.95 Å². The second-order valence-electron chi connectivity index (χ2n) is 3.10. The maximum absolute atomic E-state index is 4.36. The van der Waals surface area contributed by atoms with Gasteiger partial charge in [0.15, 0.2) is 0 Å². The molecule has 1 aliphatic rings. The van der Waals surface area contributed by atoms with Gasteiger partial charge in [-0.05, 0) is 12.5 Å². The standard InChI is InChI=1S/C9H12N4/c1-13-7-2-4-8(13)12-9-10-5-3-6-11-9/h3,5-6H,2,4,7H2,1H3/b12-8+. The smallest absolute Gasteiger partial charge is 0.250 e. The fraction of sp³-hybridized carbons (Fsp3) is 0.444. The summed E-state index contributed by atoms with van der Waals surface area (Å²) < 4.78 is 0. The molecule has 1 saturated heterocycles. The zero-order valence-corrected chi connectivity index (χ0v) is 7.64. The van der Waals surface area contributed by atoms with Gasteiger partial charge < -0.3 is 4.90 Å². The molecule has 0 amide bonds. The Kier molecular flexibility index (Phi) is 2.21. The molecular formula is C9H12N4. The molecule has 1 aliphatic heterocycles. The molecule has 0 atom stereocenters. The third-order valence-electron chi connectivity index (χ3n) is 2.12. The quantitative estimate of drug-likeness (QED) is 0.646. The van der Waals surface area contributed by atoms with E-state index in [-0.39, 0.29) is 0 Å². The first-order chi connectivity index (χ1) is 6.36. The number of aromatic nitrogens is 2. The molecule has 2 rings (SSSR count). The van der Waals surface area contributed by atoms with Gasteiger partial charge in [-0.25, -0.2) is 9.97 Å². The van der Waals surface area contributed by atoms with Crippen molar-refractivity contribution in [2.24, 2.45) is 4.99 Å². The van der Waals surface area contributed by atoms with Crippen molar-refractivity contribution in [1.29, 1.82) is 0 Å². The number of hydrogen-bond acceptors (Lipinski definition) is 3. The molecular weight excluding hydrogens is 164 g/mol. The number of hydrogen-bond donors (Lipinski definition) is 0. The van der Waals surface area contributed by atoms with E-state index in [0.717, 1.165) is 18.8 Å². The highest BCUT2D eigenvalue weighted by Gasteiger charge is 2.14. The Morgan fingerprint density at radius 3 is 2.77 bits per heavy atom. The van der Waals surface area contributed by atoms with E-state index in [1.165, 1.54) is 6.42 Å². The SMILES string of the molecule is CN1CCC/C1=N\c1ncccn1. The number of aliphatic imine (C=N–C) groups is 1. The van der Waals surface area contributed by atoms with Crippen molar-refractivity contribution >= 4 is 11.8 Å². The minimum Gasteiger partial charge on any atom is -0.363 e. The Labute approximate surface area is 77.3 Å². The minimum atomic E-state index is 0.561. The van der Waals surface area contributed by atoms with E-state index in [4.69, 9.17) is 0 Å². The Morgan fingerprint density at radius 1 is 1.38 bits per heavy atom. The van der Waals surface area contributed by atoms with Gasteiger partial charge in [-0.2, -0.15) is 4.99 Å². The molecule has 0 unspecified atom stereocenters. The lowest BCUT2D eigenvalue weighted by Gasteiger charge is -2.09. The van der Waals surface area contributed by atoms with Gasteiger partial charge in [0.2, 0.25) is 0 Å². The van der Waals surface area contributed by atoms with Crippen molar-refractivity contribution in [2.75, 3.05) is 13.6 Å². The molecule has 0 aliphatic carbocycles. The number of rotatable bonds is 1. The van der Waals surface area contributed by atoms with Crippen LogP contribution in [0.1, 0.15) is 12.8 Å². The van der Waals surface area contributed by atoms with Crippen LogP contribution in [0.25, 0.3) is 0 Å². The molecule has 13 heavy (non-hydrogen) atoms. The molecule has 4 nitrogen and oxygen atoms in total. The highest BCUT2D eigenvalue weighted by atomic mass is 15.2. The predicted molar refractivity (Wildman–Crippen MR) is 51.0 cm³/mol. The van der Waals surface area contributed by atoms with Gasteiger partial charge in [0, 0.05) is 32.4 Å². The predicted octanol–water partition coefficient (Wildman–Crippen LogP) is 1.23. The molecule has 2 heterocycles. The highest BCUT2D eigenvalue weighted by Crippen LogP contribution is 2.12. The summed E-state index contributed by atoms with van der Waals surface area (Å²) in [4.78, 5) is 14.6. The van der Waals surface area contributed by atoms with Crippen LogP contribution in [0.2, 0.25) is 0 Å². The fourth-order valence-electron chi connectivity index (χ4n) is 1.40. The molecule has 0 N–H and O–H groups in total. The van der Waals surface area contributed by atoms with Crippen molar-refractivity contribution in [3.8, 4) is 0 Å². The van der Waals surface area contributed by atoms with Crippen molar-refractivity contribution in [1.82, 2.24) is 14.9 Å². The van der Waals surface area contributed by atoms with Crippen molar-refractivity contribution in [2.45, 2.75) is 12.8 Å². The van der Waals surface area contributed by atoms with E-state index in [1.807, 2.05) is 0 Å². The lowest BCUT2D eigenvalue weighted by molar-refractivity contribution is 0.549. The summed E-state index contributed by atoms with van der Waals surface area (Å²) >= 11 is 0. The van der Waals surface area contributed by atoms with Crippen molar-refractivity contribution < 1.29 is 0 Å². The second-order valence-corrected chi connectivity index (χ2v) is 3.10. The molecule has 0 radical (unpaired) electrons. The van der Waals surface area contributed by atoms with Crippen LogP contribution in [0, 0.1) is 0 Å². The van der Waals surface area contributed by atoms with Crippen LogP contribution in [0.15, 0.2) is 23.5 Å². The van der Waals surface area contributed by atoms with Crippen LogP contribution >= 0.6 is 0 Å². The van der Waals surface area contributed by atoms with Gasteiger partial charge in [-0.15, -0.1) is 0 Å². The van der Waals surface area contributed by atoms with E-state index in [1.54, 1.807) is 18.5 Å². The topological polar surface area (TPSA) is 41.4 Å². The molecule has 0 saturated carbocycles. The summed E-state index contributed by atoms with van der Waals surface area (Å²) in [6.45, 7) is 1.09. The van der Waals surface area contributed by atoms with Crippen molar-refractivity contribution in [3.05, 3.63) is 18.5 Å². The summed E-state index contributed by atoms with van der Waals surface area (Å²) in [6, 6.07) is 1.79. The van der Waals surface area contributed by atoms with Gasteiger partial charge in [0.1, 0.15) is 5.84 Å². The van der Waals surface area contributed by atoms with E-state index in [0.29, 0.717) is 5.95 Å². The normalized spacial score (nSPS) is 19.8. The first-order valence-corrected chi connectivity index (χ1v) is 4.42. The first-order valence-electron chi connectivity index (χ1n) is 4.42. The Bertz CT molecular complexity index is 307. The maximum atomic E-state index is 4.36. The molecule has 1 aromatic rings. The van der Waals surface area contributed by atoms with E-state index >= 15 is 0 Å². The van der Waals surface area contributed by atoms with Gasteiger partial charge in [-0.1, -0.05) is 0 Å². The van der Waals surface area contributed by atoms with Crippen LogP contribution in [-0.4, -0.2) is 34.3 Å². The highest BCUT2D eigenvalue weighted by molar-refractivity contribution is 5.85. The molecule has 1 fully saturated rings. The average Bonchev–Trinajstić information content (AvgIpc) is 2.54. The summed E-state index contributed by atoms with van der Waals surface area (Å²) in [5, 5.41) is 0. The molecule has 4 heteroatoms. The largest absolute Gasteiger partial charge is 0.363 e. The average molecular weight is 176 g/mol. The van der Waals surface area contributed by atoms with Crippen LogP contribution in [-0.2, 0) is 0 Å². The third-order valence-corrected chi connectivity index (χ3v) is 2.12. The van der Waals surface area contributed by atoms with E-state index in [2.05, 4.69) is 26.9 Å². The van der Waals surface area contributed by atoms with Gasteiger partial charge >= 0.3 is 0 Å². The third kappa shape index (κ3) is 1.83. The molecule has 68 valence electrons. The fourth-order valence-corrected chi connectivity index (χ4v) is 1.40. The zero-order valence-electron chi connectivity index (χ0n) is 7.64. The summed E-state index contributed by atoms with van der Waals surface area (Å²) in [5.41, 5.74) is 0. The lowest BCUT2D eigenvalue weighted by atomic mass is 10.4. The van der Waals surface area contributed by atoms with Gasteiger partial charge in [0.05, 0.1) is 0 Å². The Hall–Kier alpha value is -1.45. The monoisotopic (exact) mass is 176 g/mol. The Balaban J connectivity index is 2.20. The zero-order chi connectivity index (χ0) is 9.10. The van der Waals surface area contributed by atoms with Gasteiger partial charge in [0.25, 0.3) is 5.95 Å². The van der Waals surface area contributed by atoms with Crippen LogP contribution in [0.5, 0.6) is 0 Å². The molecule has 0 spiro atoms. The Morgan fingerprint density at radius 2 is 2.15 bits per heavy atom. The summed E-state index contributed by atoms with van der Waals surface area (Å²) in [7, 11) is 2.05. The minimum absolute atomic E-state index is 0.561. The van der Waals surface area contributed by atoms with Crippen LogP contribution < -0.4 is 0 Å². The maximum Gasteiger partial charge on any atom is 0.250 e. The molecule has 0 aromatic carbocycles.